The summed E-state index contributed by atoms with van der Waals surface area (Å²) in [4.78, 5) is 25.3. The summed E-state index contributed by atoms with van der Waals surface area (Å²) in [5, 5.41) is 0. The minimum absolute atomic E-state index is 0.0134. The molecule has 1 aliphatic rings. The Bertz CT molecular complexity index is 1040. The van der Waals surface area contributed by atoms with Gasteiger partial charge in [0.15, 0.2) is 6.10 Å². The minimum Gasteiger partial charge on any atom is -0.451 e. The van der Waals surface area contributed by atoms with Gasteiger partial charge in [-0.25, -0.2) is 13.2 Å². The number of ketones is 1. The molecule has 1 atom stereocenters. The van der Waals surface area contributed by atoms with Crippen LogP contribution >= 0.6 is 0 Å². The fourth-order valence-corrected chi connectivity index (χ4v) is 4.58. The van der Waals surface area contributed by atoms with Crippen LogP contribution < -0.4 is 0 Å². The van der Waals surface area contributed by atoms with Crippen LogP contribution in [0.1, 0.15) is 38.8 Å². The molecule has 0 spiro atoms. The van der Waals surface area contributed by atoms with Gasteiger partial charge in [0.2, 0.25) is 15.8 Å². The van der Waals surface area contributed by atoms with Crippen molar-refractivity contribution in [2.45, 2.75) is 31.8 Å². The Hall–Kier alpha value is -2.55. The number of ether oxygens (including phenoxy) is 2. The highest BCUT2D eigenvalue weighted by Crippen LogP contribution is 2.22. The quantitative estimate of drug-likeness (QED) is 0.516. The maximum Gasteiger partial charge on any atom is 0.339 e. The van der Waals surface area contributed by atoms with Gasteiger partial charge in [-0.1, -0.05) is 35.9 Å². The van der Waals surface area contributed by atoms with Crippen LogP contribution in [0.4, 0.5) is 0 Å². The molecule has 1 unspecified atom stereocenters. The molecular weight excluding hydrogens is 406 g/mol. The van der Waals surface area contributed by atoms with E-state index in [2.05, 4.69) is 0 Å². The van der Waals surface area contributed by atoms with Crippen molar-refractivity contribution in [2.24, 2.45) is 0 Å². The number of nitrogens with zero attached hydrogens (tertiary/aromatic N) is 1. The number of hydrogen-bond acceptors (Lipinski definition) is 6. The van der Waals surface area contributed by atoms with E-state index in [1.807, 2.05) is 19.1 Å². The van der Waals surface area contributed by atoms with Crippen molar-refractivity contribution >= 4 is 21.8 Å². The summed E-state index contributed by atoms with van der Waals surface area (Å²) >= 11 is 0. The average Bonchev–Trinajstić information content (AvgIpc) is 2.74. The highest BCUT2D eigenvalue weighted by atomic mass is 32.2. The molecule has 8 heteroatoms. The Balaban J connectivity index is 1.79. The van der Waals surface area contributed by atoms with E-state index in [9.17, 15) is 18.0 Å². The second-order valence-corrected chi connectivity index (χ2v) is 9.21. The Morgan fingerprint density at radius 3 is 2.30 bits per heavy atom. The van der Waals surface area contributed by atoms with Crippen LogP contribution in [0.3, 0.4) is 0 Å². The summed E-state index contributed by atoms with van der Waals surface area (Å²) < 4.78 is 37.7. The highest BCUT2D eigenvalue weighted by Gasteiger charge is 2.28. The fraction of sp³-hybridized carbons (Fsp3) is 0.364. The molecule has 3 rings (SSSR count). The van der Waals surface area contributed by atoms with E-state index in [-0.39, 0.29) is 29.3 Å². The van der Waals surface area contributed by atoms with Crippen LogP contribution in [0.25, 0.3) is 0 Å². The molecule has 1 saturated heterocycles. The number of esters is 1. The van der Waals surface area contributed by atoms with E-state index in [1.165, 1.54) is 23.4 Å². The molecule has 1 aliphatic heterocycles. The molecule has 0 amide bonds. The van der Waals surface area contributed by atoms with Crippen molar-refractivity contribution in [1.82, 2.24) is 4.31 Å². The third kappa shape index (κ3) is 4.77. The fourth-order valence-electron chi connectivity index (χ4n) is 3.15. The topological polar surface area (TPSA) is 90.0 Å². The van der Waals surface area contributed by atoms with E-state index < -0.39 is 22.1 Å². The number of Topliss-reactive ketones (excluding diaryl/α,β-unsaturated/α-hetero) is 1. The zero-order valence-electron chi connectivity index (χ0n) is 17.3. The van der Waals surface area contributed by atoms with Crippen molar-refractivity contribution < 1.29 is 27.5 Å². The minimum atomic E-state index is -3.75. The lowest BCUT2D eigenvalue weighted by molar-refractivity contribution is 0.0318. The Morgan fingerprint density at radius 2 is 1.67 bits per heavy atom. The van der Waals surface area contributed by atoms with Crippen molar-refractivity contribution in [2.75, 3.05) is 26.3 Å². The molecule has 2 aromatic carbocycles. The molecule has 1 fully saturated rings. The molecule has 0 aliphatic carbocycles. The molecule has 7 nitrogen and oxygen atoms in total. The van der Waals surface area contributed by atoms with E-state index in [4.69, 9.17) is 9.47 Å². The number of carbonyl (C=O) groups excluding carboxylic acids is 2. The Labute approximate surface area is 176 Å². The normalized spacial score (nSPS) is 16.1. The van der Waals surface area contributed by atoms with Crippen LogP contribution in [0.2, 0.25) is 0 Å². The van der Waals surface area contributed by atoms with Crippen LogP contribution in [0.15, 0.2) is 47.4 Å². The number of benzene rings is 2. The summed E-state index contributed by atoms with van der Waals surface area (Å²) in [6.45, 7) is 6.30. The number of rotatable bonds is 6. The predicted molar refractivity (Wildman–Crippen MR) is 111 cm³/mol. The van der Waals surface area contributed by atoms with Gasteiger partial charge in [-0.2, -0.15) is 4.31 Å². The second-order valence-electron chi connectivity index (χ2n) is 7.27. The lowest BCUT2D eigenvalue weighted by Crippen LogP contribution is -2.40. The summed E-state index contributed by atoms with van der Waals surface area (Å²) in [6.07, 6.45) is -1.00. The van der Waals surface area contributed by atoms with E-state index in [0.717, 1.165) is 5.56 Å². The molecule has 0 aromatic heterocycles. The maximum atomic E-state index is 12.9. The molecule has 0 bridgehead atoms. The molecular formula is C22H25NO6S. The Morgan fingerprint density at radius 1 is 1.03 bits per heavy atom. The summed E-state index contributed by atoms with van der Waals surface area (Å²) in [7, 11) is -3.75. The van der Waals surface area contributed by atoms with Gasteiger partial charge in [0, 0.05) is 18.7 Å². The SMILES string of the molecule is Cc1ccc(C(=O)C(C)OC(=O)c2cc(S(=O)(=O)N3CCOCC3)ccc2C)cc1. The molecule has 160 valence electrons. The second kappa shape index (κ2) is 9.07. The van der Waals surface area contributed by atoms with E-state index in [0.29, 0.717) is 24.3 Å². The van der Waals surface area contributed by atoms with Crippen molar-refractivity contribution in [3.63, 3.8) is 0 Å². The summed E-state index contributed by atoms with van der Waals surface area (Å²) in [5.41, 5.74) is 2.15. The number of carbonyl (C=O) groups is 2. The summed E-state index contributed by atoms with van der Waals surface area (Å²) in [6, 6.07) is 11.3. The molecule has 30 heavy (non-hydrogen) atoms. The van der Waals surface area contributed by atoms with Crippen LogP contribution in [-0.4, -0.2) is 56.9 Å². The Kier molecular flexibility index (Phi) is 6.70. The number of hydrogen-bond donors (Lipinski definition) is 0. The van der Waals surface area contributed by atoms with Gasteiger partial charge in [-0.05, 0) is 38.5 Å². The van der Waals surface area contributed by atoms with Crippen LogP contribution in [0, 0.1) is 13.8 Å². The van der Waals surface area contributed by atoms with Crippen molar-refractivity contribution in [1.29, 1.82) is 0 Å². The predicted octanol–water partition coefficient (Wildman–Crippen LogP) is 2.75. The maximum absolute atomic E-state index is 12.9. The first kappa shape index (κ1) is 22.1. The first-order chi connectivity index (χ1) is 14.2. The number of morpholine rings is 1. The van der Waals surface area contributed by atoms with Crippen LogP contribution in [-0.2, 0) is 19.5 Å². The van der Waals surface area contributed by atoms with Gasteiger partial charge in [0.1, 0.15) is 0 Å². The van der Waals surface area contributed by atoms with E-state index >= 15 is 0 Å². The molecule has 0 radical (unpaired) electrons. The van der Waals surface area contributed by atoms with Crippen molar-refractivity contribution in [3.05, 3.63) is 64.7 Å². The number of aryl methyl sites for hydroxylation is 2. The number of sulfonamides is 1. The monoisotopic (exact) mass is 431 g/mol. The smallest absolute Gasteiger partial charge is 0.339 e. The average molecular weight is 432 g/mol. The van der Waals surface area contributed by atoms with Crippen molar-refractivity contribution in [3.8, 4) is 0 Å². The lowest BCUT2D eigenvalue weighted by atomic mass is 10.1. The first-order valence-corrected chi connectivity index (χ1v) is 11.1. The van der Waals surface area contributed by atoms with Gasteiger partial charge in [0.25, 0.3) is 0 Å². The largest absolute Gasteiger partial charge is 0.451 e. The van der Waals surface area contributed by atoms with Crippen LogP contribution in [0.5, 0.6) is 0 Å². The van der Waals surface area contributed by atoms with Gasteiger partial charge in [-0.15, -0.1) is 0 Å². The zero-order chi connectivity index (χ0) is 21.9. The molecule has 0 saturated carbocycles. The first-order valence-electron chi connectivity index (χ1n) is 9.70. The zero-order valence-corrected chi connectivity index (χ0v) is 18.1. The summed E-state index contributed by atoms with van der Waals surface area (Å²) in [5.74, 6) is -1.06. The van der Waals surface area contributed by atoms with Gasteiger partial charge in [0.05, 0.1) is 23.7 Å². The van der Waals surface area contributed by atoms with E-state index in [1.54, 1.807) is 25.1 Å². The highest BCUT2D eigenvalue weighted by molar-refractivity contribution is 7.89. The third-order valence-electron chi connectivity index (χ3n) is 5.03. The molecule has 0 N–H and O–H groups in total. The molecule has 2 aromatic rings. The molecule has 1 heterocycles. The van der Waals surface area contributed by atoms with Gasteiger partial charge < -0.3 is 9.47 Å². The standard InChI is InChI=1S/C22H25NO6S/c1-15-4-7-18(8-5-15)21(24)17(3)29-22(25)20-14-19(9-6-16(20)2)30(26,27)23-10-12-28-13-11-23/h4-9,14,17H,10-13H2,1-3H3. The van der Waals surface area contributed by atoms with Gasteiger partial charge in [-0.3, -0.25) is 4.79 Å². The van der Waals surface area contributed by atoms with Gasteiger partial charge >= 0.3 is 5.97 Å². The lowest BCUT2D eigenvalue weighted by Gasteiger charge is -2.26. The third-order valence-corrected chi connectivity index (χ3v) is 6.92.